The molecule has 1 aliphatic rings. The summed E-state index contributed by atoms with van der Waals surface area (Å²) in [6, 6.07) is 13.9. The van der Waals surface area contributed by atoms with Crippen molar-refractivity contribution in [2.75, 3.05) is 17.8 Å². The number of ether oxygens (including phenoxy) is 2. The molecule has 0 aliphatic carbocycles. The highest BCUT2D eigenvalue weighted by Gasteiger charge is 2.13. The van der Waals surface area contributed by atoms with E-state index in [0.29, 0.717) is 24.9 Å². The van der Waals surface area contributed by atoms with Crippen LogP contribution < -0.4 is 25.8 Å². The van der Waals surface area contributed by atoms with Crippen LogP contribution in [0, 0.1) is 0 Å². The molecule has 4 rings (SSSR count). The van der Waals surface area contributed by atoms with Gasteiger partial charge in [0.1, 0.15) is 5.82 Å². The zero-order valence-corrected chi connectivity index (χ0v) is 15.6. The maximum Gasteiger partial charge on any atom is 0.232 e. The summed E-state index contributed by atoms with van der Waals surface area (Å²) in [4.78, 5) is 12.9. The molecule has 8 heteroatoms. The van der Waals surface area contributed by atoms with Crippen molar-refractivity contribution in [1.29, 1.82) is 0 Å². The minimum atomic E-state index is 0.186. The minimum Gasteiger partial charge on any atom is -0.454 e. The van der Waals surface area contributed by atoms with Crippen molar-refractivity contribution in [2.45, 2.75) is 26.4 Å². The lowest BCUT2D eigenvalue weighted by Gasteiger charge is -2.11. The van der Waals surface area contributed by atoms with Crippen LogP contribution in [0.3, 0.4) is 0 Å². The van der Waals surface area contributed by atoms with E-state index in [1.807, 2.05) is 36.4 Å². The molecule has 0 amide bonds. The number of benzene rings is 2. The third-order valence-corrected chi connectivity index (χ3v) is 4.39. The molecule has 0 unspecified atom stereocenters. The quantitative estimate of drug-likeness (QED) is 0.576. The summed E-state index contributed by atoms with van der Waals surface area (Å²) in [5.41, 5.74) is 9.10. The molecule has 3 aromatic rings. The number of nitrogens with zero attached hydrogens (tertiary/aromatic N) is 3. The molecular weight excluding hydrogens is 356 g/mol. The maximum atomic E-state index is 5.87. The number of para-hydroxylation sites is 1. The van der Waals surface area contributed by atoms with E-state index in [1.54, 1.807) is 0 Å². The van der Waals surface area contributed by atoms with Crippen molar-refractivity contribution in [2.24, 2.45) is 0 Å². The van der Waals surface area contributed by atoms with E-state index in [4.69, 9.17) is 15.2 Å². The molecule has 1 aromatic heterocycles. The van der Waals surface area contributed by atoms with Crippen molar-refractivity contribution in [3.8, 4) is 11.5 Å². The minimum absolute atomic E-state index is 0.186. The Morgan fingerprint density at radius 1 is 1.00 bits per heavy atom. The standard InChI is InChI=1S/C20H22N6O2/c1-2-14-5-3-4-6-15(14)23-20-25-18(24-19(21)26-20)11-22-10-13-7-8-16-17(9-13)28-12-27-16/h3-9,22H,2,10-12H2,1H3,(H3,21,23,24,25,26). The van der Waals surface area contributed by atoms with E-state index in [9.17, 15) is 0 Å². The number of hydrogen-bond acceptors (Lipinski definition) is 8. The number of nitrogens with two attached hydrogens (primary N) is 1. The maximum absolute atomic E-state index is 5.87. The number of fused-ring (bicyclic) bond motifs is 1. The van der Waals surface area contributed by atoms with E-state index in [0.717, 1.165) is 29.2 Å². The van der Waals surface area contributed by atoms with Gasteiger partial charge >= 0.3 is 0 Å². The lowest BCUT2D eigenvalue weighted by Crippen LogP contribution is -2.17. The second-order valence-corrected chi connectivity index (χ2v) is 6.36. The normalized spacial score (nSPS) is 12.2. The lowest BCUT2D eigenvalue weighted by atomic mass is 10.1. The summed E-state index contributed by atoms with van der Waals surface area (Å²) in [5, 5.41) is 6.56. The topological polar surface area (TPSA) is 107 Å². The highest BCUT2D eigenvalue weighted by molar-refractivity contribution is 5.58. The van der Waals surface area contributed by atoms with Gasteiger partial charge in [0.2, 0.25) is 18.7 Å². The Balaban J connectivity index is 1.41. The number of hydrogen-bond donors (Lipinski definition) is 3. The first-order valence-electron chi connectivity index (χ1n) is 9.16. The molecule has 0 saturated carbocycles. The van der Waals surface area contributed by atoms with Crippen LogP contribution in [0.4, 0.5) is 17.6 Å². The van der Waals surface area contributed by atoms with E-state index in [-0.39, 0.29) is 12.7 Å². The van der Waals surface area contributed by atoms with Gasteiger partial charge < -0.3 is 25.8 Å². The molecule has 2 heterocycles. The Morgan fingerprint density at radius 2 is 1.86 bits per heavy atom. The molecule has 0 atom stereocenters. The van der Waals surface area contributed by atoms with Crippen LogP contribution in [0.15, 0.2) is 42.5 Å². The summed E-state index contributed by atoms with van der Waals surface area (Å²) >= 11 is 0. The van der Waals surface area contributed by atoms with Crippen molar-refractivity contribution in [3.05, 3.63) is 59.4 Å². The Bertz CT molecular complexity index is 979. The van der Waals surface area contributed by atoms with E-state index in [1.165, 1.54) is 5.56 Å². The number of anilines is 3. The van der Waals surface area contributed by atoms with Gasteiger partial charge in [0, 0.05) is 12.2 Å². The zero-order chi connectivity index (χ0) is 19.3. The number of nitrogens with one attached hydrogen (secondary N) is 2. The first-order chi connectivity index (χ1) is 13.7. The van der Waals surface area contributed by atoms with Gasteiger partial charge in [-0.15, -0.1) is 0 Å². The van der Waals surface area contributed by atoms with Crippen LogP contribution in [-0.2, 0) is 19.5 Å². The Kier molecular flexibility index (Phi) is 5.20. The smallest absolute Gasteiger partial charge is 0.232 e. The van der Waals surface area contributed by atoms with Gasteiger partial charge in [-0.05, 0) is 35.7 Å². The van der Waals surface area contributed by atoms with Crippen molar-refractivity contribution >= 4 is 17.6 Å². The summed E-state index contributed by atoms with van der Waals surface area (Å²) in [6.07, 6.45) is 0.910. The van der Waals surface area contributed by atoms with Gasteiger partial charge in [0.05, 0.1) is 6.54 Å². The van der Waals surface area contributed by atoms with Crippen LogP contribution in [0.1, 0.15) is 23.9 Å². The number of aromatic nitrogens is 3. The fourth-order valence-corrected chi connectivity index (χ4v) is 3.01. The molecule has 2 aromatic carbocycles. The second-order valence-electron chi connectivity index (χ2n) is 6.36. The van der Waals surface area contributed by atoms with Crippen LogP contribution in [0.5, 0.6) is 11.5 Å². The van der Waals surface area contributed by atoms with Gasteiger partial charge in [-0.1, -0.05) is 31.2 Å². The molecule has 0 bridgehead atoms. The molecule has 1 aliphatic heterocycles. The average Bonchev–Trinajstić information content (AvgIpc) is 3.16. The first-order valence-corrected chi connectivity index (χ1v) is 9.16. The van der Waals surface area contributed by atoms with Crippen LogP contribution >= 0.6 is 0 Å². The molecule has 144 valence electrons. The molecule has 0 fully saturated rings. The molecule has 0 radical (unpaired) electrons. The number of rotatable bonds is 7. The Morgan fingerprint density at radius 3 is 2.75 bits per heavy atom. The van der Waals surface area contributed by atoms with Gasteiger partial charge in [-0.25, -0.2) is 0 Å². The SMILES string of the molecule is CCc1ccccc1Nc1nc(N)nc(CNCc2ccc3c(c2)OCO3)n1. The monoisotopic (exact) mass is 378 g/mol. The predicted octanol–water partition coefficient (Wildman–Crippen LogP) is 2.78. The van der Waals surface area contributed by atoms with Crippen LogP contribution in [-0.4, -0.2) is 21.7 Å². The lowest BCUT2D eigenvalue weighted by molar-refractivity contribution is 0.174. The average molecular weight is 378 g/mol. The highest BCUT2D eigenvalue weighted by atomic mass is 16.7. The van der Waals surface area contributed by atoms with Gasteiger partial charge in [-0.2, -0.15) is 15.0 Å². The molecule has 0 spiro atoms. The summed E-state index contributed by atoms with van der Waals surface area (Å²) < 4.78 is 10.7. The van der Waals surface area contributed by atoms with Gasteiger partial charge in [-0.3, -0.25) is 0 Å². The summed E-state index contributed by atoms with van der Waals surface area (Å²) in [6.45, 7) is 3.48. The Labute approximate surface area is 163 Å². The summed E-state index contributed by atoms with van der Waals surface area (Å²) in [7, 11) is 0. The Hall–Kier alpha value is -3.39. The largest absolute Gasteiger partial charge is 0.454 e. The molecule has 28 heavy (non-hydrogen) atoms. The number of nitrogen functional groups attached to an aromatic ring is 1. The van der Waals surface area contributed by atoms with E-state index in [2.05, 4.69) is 38.6 Å². The fourth-order valence-electron chi connectivity index (χ4n) is 3.01. The van der Waals surface area contributed by atoms with Crippen molar-refractivity contribution in [1.82, 2.24) is 20.3 Å². The molecular formula is C20H22N6O2. The highest BCUT2D eigenvalue weighted by Crippen LogP contribution is 2.32. The second kappa shape index (κ2) is 8.10. The third kappa shape index (κ3) is 4.12. The van der Waals surface area contributed by atoms with Gasteiger partial charge in [0.25, 0.3) is 0 Å². The van der Waals surface area contributed by atoms with Crippen LogP contribution in [0.2, 0.25) is 0 Å². The van der Waals surface area contributed by atoms with Gasteiger partial charge in [0.15, 0.2) is 11.5 Å². The third-order valence-electron chi connectivity index (χ3n) is 4.39. The molecule has 4 N–H and O–H groups in total. The first kappa shape index (κ1) is 18.0. The van der Waals surface area contributed by atoms with Crippen molar-refractivity contribution < 1.29 is 9.47 Å². The fraction of sp³-hybridized carbons (Fsp3) is 0.250. The zero-order valence-electron chi connectivity index (χ0n) is 15.6. The number of aryl methyl sites for hydroxylation is 1. The van der Waals surface area contributed by atoms with Crippen molar-refractivity contribution in [3.63, 3.8) is 0 Å². The van der Waals surface area contributed by atoms with E-state index < -0.39 is 0 Å². The summed E-state index contributed by atoms with van der Waals surface area (Å²) in [5.74, 6) is 2.74. The van der Waals surface area contributed by atoms with Crippen LogP contribution in [0.25, 0.3) is 0 Å². The van der Waals surface area contributed by atoms with E-state index >= 15 is 0 Å². The molecule has 8 nitrogen and oxygen atoms in total. The predicted molar refractivity (Wildman–Crippen MR) is 106 cm³/mol. The molecule has 0 saturated heterocycles.